The maximum atomic E-state index is 5.92. The third-order valence-electron chi connectivity index (χ3n) is 3.26. The second-order valence-corrected chi connectivity index (χ2v) is 5.30. The number of hydrogen-bond acceptors (Lipinski definition) is 3. The van der Waals surface area contributed by atoms with Crippen molar-refractivity contribution >= 4 is 5.82 Å². The molecule has 102 valence electrons. The first-order valence-electron chi connectivity index (χ1n) is 6.89. The van der Waals surface area contributed by atoms with Crippen LogP contribution < -0.4 is 5.73 Å². The first kappa shape index (κ1) is 13.6. The van der Waals surface area contributed by atoms with Crippen LogP contribution in [0.25, 0.3) is 11.3 Å². The third-order valence-corrected chi connectivity index (χ3v) is 3.26. The highest BCUT2D eigenvalue weighted by atomic mass is 15.0. The van der Waals surface area contributed by atoms with Gasteiger partial charge in [0.2, 0.25) is 0 Å². The van der Waals surface area contributed by atoms with Gasteiger partial charge in [-0.05, 0) is 24.5 Å². The van der Waals surface area contributed by atoms with Crippen LogP contribution in [0.4, 0.5) is 5.82 Å². The van der Waals surface area contributed by atoms with Gasteiger partial charge in [-0.1, -0.05) is 26.7 Å². The van der Waals surface area contributed by atoms with E-state index in [1.807, 2.05) is 24.7 Å². The fourth-order valence-electron chi connectivity index (χ4n) is 2.19. The molecule has 2 rings (SSSR count). The number of aryl methyl sites for hydroxylation is 1. The van der Waals surface area contributed by atoms with Gasteiger partial charge in [0.1, 0.15) is 5.82 Å². The van der Waals surface area contributed by atoms with Gasteiger partial charge in [0.25, 0.3) is 0 Å². The summed E-state index contributed by atoms with van der Waals surface area (Å²) in [5, 5.41) is 0. The van der Waals surface area contributed by atoms with Crippen LogP contribution in [0.5, 0.6) is 0 Å². The lowest BCUT2D eigenvalue weighted by molar-refractivity contribution is 0.510. The maximum absolute atomic E-state index is 5.92. The van der Waals surface area contributed by atoms with Crippen LogP contribution in [0.3, 0.4) is 0 Å². The van der Waals surface area contributed by atoms with Gasteiger partial charge < -0.3 is 10.3 Å². The lowest BCUT2D eigenvalue weighted by atomic mass is 10.1. The quantitative estimate of drug-likeness (QED) is 0.808. The Balaban J connectivity index is 2.04. The molecule has 2 aromatic rings. The van der Waals surface area contributed by atoms with Crippen molar-refractivity contribution in [3.8, 4) is 11.3 Å². The molecule has 0 aliphatic carbocycles. The molecule has 0 saturated carbocycles. The number of nitrogens with two attached hydrogens (primary N) is 1. The van der Waals surface area contributed by atoms with Crippen molar-refractivity contribution in [2.45, 2.75) is 39.7 Å². The molecule has 0 unspecified atom stereocenters. The molecule has 2 heterocycles. The maximum Gasteiger partial charge on any atom is 0.132 e. The fourth-order valence-corrected chi connectivity index (χ4v) is 2.19. The van der Waals surface area contributed by atoms with Crippen molar-refractivity contribution in [2.75, 3.05) is 5.73 Å². The highest BCUT2D eigenvalue weighted by molar-refractivity contribution is 5.70. The molecule has 0 amide bonds. The number of anilines is 1. The number of hydrogen-bond donors (Lipinski definition) is 1. The van der Waals surface area contributed by atoms with Crippen LogP contribution in [0.2, 0.25) is 0 Å². The van der Waals surface area contributed by atoms with Crippen LogP contribution in [0.15, 0.2) is 30.9 Å². The number of unbranched alkanes of at least 4 members (excludes halogenated alkanes) is 1. The standard InChI is InChI=1S/C15H22N4/c1-12(2)6-3-4-9-19-11-17-10-14(19)13-7-5-8-18-15(13)16/h5,7-8,10-12H,3-4,6,9H2,1-2H3,(H2,16,18). The summed E-state index contributed by atoms with van der Waals surface area (Å²) < 4.78 is 2.16. The van der Waals surface area contributed by atoms with E-state index in [2.05, 4.69) is 28.4 Å². The molecule has 4 nitrogen and oxygen atoms in total. The van der Waals surface area contributed by atoms with Crippen molar-refractivity contribution < 1.29 is 0 Å². The van der Waals surface area contributed by atoms with Gasteiger partial charge in [0, 0.05) is 18.3 Å². The van der Waals surface area contributed by atoms with Crippen LogP contribution in [-0.4, -0.2) is 14.5 Å². The largest absolute Gasteiger partial charge is 0.383 e. The zero-order valence-corrected chi connectivity index (χ0v) is 11.7. The zero-order valence-electron chi connectivity index (χ0n) is 11.7. The smallest absolute Gasteiger partial charge is 0.132 e. The van der Waals surface area contributed by atoms with E-state index in [-0.39, 0.29) is 0 Å². The van der Waals surface area contributed by atoms with Crippen molar-refractivity contribution in [3.05, 3.63) is 30.9 Å². The van der Waals surface area contributed by atoms with Gasteiger partial charge in [-0.3, -0.25) is 0 Å². The van der Waals surface area contributed by atoms with E-state index < -0.39 is 0 Å². The second kappa shape index (κ2) is 6.36. The average molecular weight is 258 g/mol. The van der Waals surface area contributed by atoms with Gasteiger partial charge in [-0.25, -0.2) is 9.97 Å². The molecule has 19 heavy (non-hydrogen) atoms. The number of aromatic nitrogens is 3. The van der Waals surface area contributed by atoms with E-state index in [0.717, 1.165) is 23.7 Å². The Hall–Kier alpha value is -1.84. The van der Waals surface area contributed by atoms with E-state index in [1.54, 1.807) is 6.20 Å². The number of nitrogen functional groups attached to an aromatic ring is 1. The lowest BCUT2D eigenvalue weighted by Crippen LogP contribution is -2.02. The summed E-state index contributed by atoms with van der Waals surface area (Å²) in [5.74, 6) is 1.34. The van der Waals surface area contributed by atoms with Gasteiger partial charge in [0.05, 0.1) is 18.2 Å². The normalized spacial score (nSPS) is 11.1. The third kappa shape index (κ3) is 3.56. The summed E-state index contributed by atoms with van der Waals surface area (Å²) in [5.41, 5.74) is 7.94. The SMILES string of the molecule is CC(C)CCCCn1cncc1-c1cccnc1N. The minimum Gasteiger partial charge on any atom is -0.383 e. The fraction of sp³-hybridized carbons (Fsp3) is 0.467. The van der Waals surface area contributed by atoms with Crippen LogP contribution >= 0.6 is 0 Å². The first-order valence-corrected chi connectivity index (χ1v) is 6.89. The summed E-state index contributed by atoms with van der Waals surface area (Å²) in [6.07, 6.45) is 9.13. The highest BCUT2D eigenvalue weighted by Crippen LogP contribution is 2.23. The topological polar surface area (TPSA) is 56.7 Å². The van der Waals surface area contributed by atoms with E-state index in [4.69, 9.17) is 5.73 Å². The number of imidazole rings is 1. The molecule has 0 aliphatic heterocycles. The summed E-state index contributed by atoms with van der Waals surface area (Å²) >= 11 is 0. The van der Waals surface area contributed by atoms with E-state index in [9.17, 15) is 0 Å². The van der Waals surface area contributed by atoms with Gasteiger partial charge in [-0.15, -0.1) is 0 Å². The molecule has 2 N–H and O–H groups in total. The number of pyridine rings is 1. The Kier molecular flexibility index (Phi) is 4.55. The second-order valence-electron chi connectivity index (χ2n) is 5.30. The van der Waals surface area contributed by atoms with E-state index in [1.165, 1.54) is 19.3 Å². The monoisotopic (exact) mass is 258 g/mol. The summed E-state index contributed by atoms with van der Waals surface area (Å²) in [6, 6.07) is 3.89. The molecule has 0 aliphatic rings. The van der Waals surface area contributed by atoms with Gasteiger partial charge in [0.15, 0.2) is 0 Å². The number of nitrogens with zero attached hydrogens (tertiary/aromatic N) is 3. The summed E-state index contributed by atoms with van der Waals surface area (Å²) in [4.78, 5) is 8.37. The van der Waals surface area contributed by atoms with Gasteiger partial charge in [-0.2, -0.15) is 0 Å². The molecule has 2 aromatic heterocycles. The highest BCUT2D eigenvalue weighted by Gasteiger charge is 2.08. The molecule has 0 bridgehead atoms. The van der Waals surface area contributed by atoms with Crippen LogP contribution in [-0.2, 0) is 6.54 Å². The Morgan fingerprint density at radius 1 is 1.32 bits per heavy atom. The predicted molar refractivity (Wildman–Crippen MR) is 78.6 cm³/mol. The molecule has 4 heteroatoms. The minimum atomic E-state index is 0.562. The molecule has 0 saturated heterocycles. The van der Waals surface area contributed by atoms with Gasteiger partial charge >= 0.3 is 0 Å². The molecular weight excluding hydrogens is 236 g/mol. The Bertz CT molecular complexity index is 516. The summed E-state index contributed by atoms with van der Waals surface area (Å²) in [7, 11) is 0. The van der Waals surface area contributed by atoms with Crippen molar-refractivity contribution in [3.63, 3.8) is 0 Å². The van der Waals surface area contributed by atoms with Crippen LogP contribution in [0.1, 0.15) is 33.1 Å². The summed E-state index contributed by atoms with van der Waals surface area (Å²) in [6.45, 7) is 5.51. The Morgan fingerprint density at radius 3 is 2.89 bits per heavy atom. The molecule has 0 aromatic carbocycles. The molecule has 0 radical (unpaired) electrons. The molecular formula is C15H22N4. The van der Waals surface area contributed by atoms with Crippen molar-refractivity contribution in [1.82, 2.24) is 14.5 Å². The first-order chi connectivity index (χ1) is 9.18. The number of rotatable bonds is 6. The van der Waals surface area contributed by atoms with Crippen molar-refractivity contribution in [2.24, 2.45) is 5.92 Å². The van der Waals surface area contributed by atoms with Crippen LogP contribution in [0, 0.1) is 5.92 Å². The average Bonchev–Trinajstić information content (AvgIpc) is 2.83. The van der Waals surface area contributed by atoms with Crippen molar-refractivity contribution in [1.29, 1.82) is 0 Å². The Morgan fingerprint density at radius 2 is 2.16 bits per heavy atom. The Labute approximate surface area is 114 Å². The van der Waals surface area contributed by atoms with E-state index >= 15 is 0 Å². The predicted octanol–water partition coefficient (Wildman–Crippen LogP) is 3.35. The molecule has 0 fully saturated rings. The minimum absolute atomic E-state index is 0.562. The molecule has 0 atom stereocenters. The van der Waals surface area contributed by atoms with E-state index in [0.29, 0.717) is 5.82 Å². The zero-order chi connectivity index (χ0) is 13.7. The molecule has 0 spiro atoms. The lowest BCUT2D eigenvalue weighted by Gasteiger charge is -2.10.